The van der Waals surface area contributed by atoms with Gasteiger partial charge in [0.2, 0.25) is 11.8 Å². The third-order valence-corrected chi connectivity index (χ3v) is 9.77. The summed E-state index contributed by atoms with van der Waals surface area (Å²) in [5.74, 6) is 1.50. The van der Waals surface area contributed by atoms with Crippen LogP contribution in [-0.4, -0.2) is 96.4 Å². The van der Waals surface area contributed by atoms with Crippen LogP contribution in [0.25, 0.3) is 16.9 Å². The normalized spacial score (nSPS) is 23.4. The number of morpholine rings is 1. The molecule has 3 aliphatic rings. The van der Waals surface area contributed by atoms with Gasteiger partial charge in [-0.15, -0.1) is 12.4 Å². The van der Waals surface area contributed by atoms with E-state index >= 15 is 0 Å². The largest absolute Gasteiger partial charge is 0.477 e. The molecule has 0 N–H and O–H groups in total. The smallest absolute Gasteiger partial charge is 0.296 e. The molecule has 0 atom stereocenters. The van der Waals surface area contributed by atoms with Gasteiger partial charge in [0, 0.05) is 38.3 Å². The number of para-hydroxylation sites is 2. The molecular formula is C27H35ClF2N6O4S. The number of benzene rings is 1. The highest BCUT2D eigenvalue weighted by atomic mass is 35.5. The Kier molecular flexibility index (Phi) is 9.27. The Bertz CT molecular complexity index is 1430. The molecule has 0 bridgehead atoms. The minimum absolute atomic E-state index is 0. The van der Waals surface area contributed by atoms with Crippen LogP contribution in [0.5, 0.6) is 5.88 Å². The Balaban J connectivity index is 0.00000337. The Labute approximate surface area is 244 Å². The van der Waals surface area contributed by atoms with Crippen molar-refractivity contribution in [2.75, 3.05) is 62.4 Å². The Morgan fingerprint density at radius 2 is 1.68 bits per heavy atom. The average molecular weight is 613 g/mol. The molecule has 0 radical (unpaired) electrons. The van der Waals surface area contributed by atoms with Crippen LogP contribution in [0.4, 0.5) is 14.7 Å². The van der Waals surface area contributed by atoms with Crippen molar-refractivity contribution in [3.8, 4) is 11.7 Å². The number of anilines is 1. The summed E-state index contributed by atoms with van der Waals surface area (Å²) in [5.41, 5.74) is 1.01. The summed E-state index contributed by atoms with van der Waals surface area (Å²) in [6, 6.07) is 9.04. The molecule has 4 heterocycles. The molecule has 2 saturated heterocycles. The maximum Gasteiger partial charge on any atom is 0.296 e. The summed E-state index contributed by atoms with van der Waals surface area (Å²) in [7, 11) is -2.89. The number of rotatable bonds is 7. The lowest BCUT2D eigenvalue weighted by Gasteiger charge is -2.38. The van der Waals surface area contributed by atoms with Crippen molar-refractivity contribution in [3.05, 3.63) is 36.2 Å². The zero-order valence-electron chi connectivity index (χ0n) is 22.7. The quantitative estimate of drug-likeness (QED) is 0.395. The van der Waals surface area contributed by atoms with Crippen molar-refractivity contribution in [3.63, 3.8) is 0 Å². The lowest BCUT2D eigenvalue weighted by atomic mass is 9.86. The van der Waals surface area contributed by atoms with E-state index in [0.717, 1.165) is 25.7 Å². The van der Waals surface area contributed by atoms with Crippen LogP contribution < -0.4 is 9.64 Å². The molecule has 3 fully saturated rings. The lowest BCUT2D eigenvalue weighted by Crippen LogP contribution is -2.47. The molecule has 3 aromatic rings. The monoisotopic (exact) mass is 612 g/mol. The third-order valence-electron chi connectivity index (χ3n) is 8.16. The van der Waals surface area contributed by atoms with E-state index in [0.29, 0.717) is 86.6 Å². The van der Waals surface area contributed by atoms with Crippen molar-refractivity contribution in [1.29, 1.82) is 0 Å². The van der Waals surface area contributed by atoms with E-state index in [1.54, 1.807) is 30.3 Å². The Morgan fingerprint density at radius 3 is 2.39 bits per heavy atom. The second-order valence-electron chi connectivity index (χ2n) is 10.7. The highest BCUT2D eigenvalue weighted by Crippen LogP contribution is 2.31. The number of imidazole rings is 1. The van der Waals surface area contributed by atoms with Crippen LogP contribution >= 0.6 is 12.4 Å². The maximum atomic E-state index is 14.1. The van der Waals surface area contributed by atoms with E-state index < -0.39 is 16.3 Å². The number of aromatic nitrogens is 4. The first-order valence-corrected chi connectivity index (χ1v) is 15.7. The van der Waals surface area contributed by atoms with E-state index in [2.05, 4.69) is 19.9 Å². The van der Waals surface area contributed by atoms with E-state index in [1.807, 2.05) is 4.90 Å². The molecule has 41 heavy (non-hydrogen) atoms. The number of alkyl halides is 2. The van der Waals surface area contributed by atoms with E-state index in [4.69, 9.17) is 9.47 Å². The van der Waals surface area contributed by atoms with Crippen molar-refractivity contribution < 1.29 is 26.7 Å². The predicted molar refractivity (Wildman–Crippen MR) is 153 cm³/mol. The van der Waals surface area contributed by atoms with Crippen molar-refractivity contribution in [2.45, 2.75) is 38.2 Å². The molecule has 0 spiro atoms. The summed E-state index contributed by atoms with van der Waals surface area (Å²) in [6.45, 7) is 3.96. The van der Waals surface area contributed by atoms with Crippen molar-refractivity contribution >= 4 is 39.2 Å². The standard InChI is InChI=1S/C27H34F2N6O4S.ClH/c28-25(29)26-30-21-3-1-2-4-22(21)35(26)23-17-24(32-27(31-23)34-9-13-38-14-10-34)39-18-19-5-7-20(8-6-19)33-11-15-40(36,37)16-12-33;/h1-4,17,19-20,25H,5-16,18H2;1H/t19-,20-;. The molecule has 2 aromatic heterocycles. The first-order chi connectivity index (χ1) is 19.4. The van der Waals surface area contributed by atoms with Gasteiger partial charge in [-0.1, -0.05) is 12.1 Å². The number of fused-ring (bicyclic) bond motifs is 1. The van der Waals surface area contributed by atoms with Crippen LogP contribution in [0.1, 0.15) is 37.9 Å². The molecule has 0 unspecified atom stereocenters. The Hall–Kier alpha value is -2.61. The topological polar surface area (TPSA) is 103 Å². The molecule has 2 aliphatic heterocycles. The number of hydrogen-bond acceptors (Lipinski definition) is 9. The lowest BCUT2D eigenvalue weighted by molar-refractivity contribution is 0.120. The minimum atomic E-state index is -2.89. The summed E-state index contributed by atoms with van der Waals surface area (Å²) in [6.07, 6.45) is 1.17. The second kappa shape index (κ2) is 12.7. The summed E-state index contributed by atoms with van der Waals surface area (Å²) in [5, 5.41) is 0. The van der Waals surface area contributed by atoms with E-state index in [9.17, 15) is 17.2 Å². The SMILES string of the molecule is Cl.O=S1(=O)CCN([C@H]2CC[C@H](COc3cc(-n4c(C(F)F)nc5ccccc54)nc(N4CCOCC4)n3)CC2)CC1. The highest BCUT2D eigenvalue weighted by Gasteiger charge is 2.31. The fraction of sp³-hybridized carbons (Fsp3) is 0.593. The maximum absolute atomic E-state index is 14.1. The van der Waals surface area contributed by atoms with Crippen LogP contribution in [0, 0.1) is 5.92 Å². The second-order valence-corrected chi connectivity index (χ2v) is 13.0. The van der Waals surface area contributed by atoms with Gasteiger partial charge in [-0.05, 0) is 43.7 Å². The fourth-order valence-electron chi connectivity index (χ4n) is 5.90. The third kappa shape index (κ3) is 6.73. The molecule has 1 aromatic carbocycles. The number of hydrogen-bond donors (Lipinski definition) is 0. The van der Waals surface area contributed by atoms with Gasteiger partial charge in [0.05, 0.1) is 42.4 Å². The van der Waals surface area contributed by atoms with Gasteiger partial charge < -0.3 is 14.4 Å². The van der Waals surface area contributed by atoms with E-state index in [-0.39, 0.29) is 29.7 Å². The van der Waals surface area contributed by atoms with Gasteiger partial charge in [-0.2, -0.15) is 9.97 Å². The van der Waals surface area contributed by atoms with Crippen molar-refractivity contribution in [2.24, 2.45) is 5.92 Å². The molecule has 224 valence electrons. The number of sulfone groups is 1. The Morgan fingerprint density at radius 1 is 0.976 bits per heavy atom. The zero-order chi connectivity index (χ0) is 27.7. The molecule has 1 saturated carbocycles. The average Bonchev–Trinajstić information content (AvgIpc) is 3.37. The van der Waals surface area contributed by atoms with Crippen LogP contribution in [-0.2, 0) is 14.6 Å². The van der Waals surface area contributed by atoms with E-state index in [1.165, 1.54) is 4.57 Å². The summed E-state index contributed by atoms with van der Waals surface area (Å²) >= 11 is 0. The van der Waals surface area contributed by atoms with Gasteiger partial charge in [0.15, 0.2) is 15.7 Å². The number of halogens is 3. The fourth-order valence-corrected chi connectivity index (χ4v) is 7.13. The van der Waals surface area contributed by atoms with Crippen LogP contribution in [0.3, 0.4) is 0 Å². The molecule has 1 aliphatic carbocycles. The first-order valence-electron chi connectivity index (χ1n) is 13.9. The van der Waals surface area contributed by atoms with Gasteiger partial charge in [0.25, 0.3) is 6.43 Å². The predicted octanol–water partition coefficient (Wildman–Crippen LogP) is 3.68. The van der Waals surface area contributed by atoms with Crippen molar-refractivity contribution in [1.82, 2.24) is 24.4 Å². The molecule has 10 nitrogen and oxygen atoms in total. The van der Waals surface area contributed by atoms with Crippen LogP contribution in [0.2, 0.25) is 0 Å². The van der Waals surface area contributed by atoms with Gasteiger partial charge >= 0.3 is 0 Å². The first kappa shape index (κ1) is 29.9. The van der Waals surface area contributed by atoms with Gasteiger partial charge in [0.1, 0.15) is 5.82 Å². The zero-order valence-corrected chi connectivity index (χ0v) is 24.3. The summed E-state index contributed by atoms with van der Waals surface area (Å²) in [4.78, 5) is 17.8. The highest BCUT2D eigenvalue weighted by molar-refractivity contribution is 7.91. The van der Waals surface area contributed by atoms with Gasteiger partial charge in [-0.25, -0.2) is 22.2 Å². The molecule has 14 heteroatoms. The number of nitrogens with zero attached hydrogens (tertiary/aromatic N) is 6. The number of ether oxygens (including phenoxy) is 2. The summed E-state index contributed by atoms with van der Waals surface area (Å²) < 4.78 is 64.8. The molecular weight excluding hydrogens is 578 g/mol. The molecule has 6 rings (SSSR count). The van der Waals surface area contributed by atoms with Gasteiger partial charge in [-0.3, -0.25) is 9.47 Å². The van der Waals surface area contributed by atoms with Crippen LogP contribution in [0.15, 0.2) is 30.3 Å². The minimum Gasteiger partial charge on any atom is -0.477 e. The molecule has 0 amide bonds.